The van der Waals surface area contributed by atoms with Gasteiger partial charge in [-0.15, -0.1) is 13.2 Å². The van der Waals surface area contributed by atoms with E-state index in [1.165, 1.54) is 0 Å². The Kier molecular flexibility index (Phi) is 7.03. The minimum absolute atomic E-state index is 0.0714. The fraction of sp³-hybridized carbons (Fsp3) is 0.500. The summed E-state index contributed by atoms with van der Waals surface area (Å²) in [6.07, 6.45) is -4.41. The van der Waals surface area contributed by atoms with Gasteiger partial charge in [0.2, 0.25) is 10.0 Å². The zero-order valence-electron chi connectivity index (χ0n) is 13.2. The molecule has 0 saturated carbocycles. The van der Waals surface area contributed by atoms with E-state index in [-0.39, 0.29) is 18.0 Å². The van der Waals surface area contributed by atoms with Crippen LogP contribution in [-0.2, 0) is 19.6 Å². The van der Waals surface area contributed by atoms with E-state index in [9.17, 15) is 26.4 Å². The molecule has 0 spiro atoms. The molecule has 24 heavy (non-hydrogen) atoms. The van der Waals surface area contributed by atoms with Gasteiger partial charge in [0.05, 0.1) is 11.5 Å². The summed E-state index contributed by atoms with van der Waals surface area (Å²) in [6.45, 7) is 3.04. The normalized spacial score (nSPS) is 12.2. The molecular formula is C14H18F3NO5S. The van der Waals surface area contributed by atoms with Crippen molar-refractivity contribution in [1.29, 1.82) is 0 Å². The molecule has 1 aromatic rings. The molecule has 0 aliphatic carbocycles. The fourth-order valence-electron chi connectivity index (χ4n) is 1.85. The summed E-state index contributed by atoms with van der Waals surface area (Å²) >= 11 is 0. The summed E-state index contributed by atoms with van der Waals surface area (Å²) in [6, 6.07) is 3.78. The molecule has 6 nitrogen and oxygen atoms in total. The van der Waals surface area contributed by atoms with Crippen molar-refractivity contribution in [1.82, 2.24) is 4.31 Å². The van der Waals surface area contributed by atoms with Crippen molar-refractivity contribution in [3.05, 3.63) is 24.3 Å². The number of rotatable bonds is 8. The van der Waals surface area contributed by atoms with E-state index in [1.807, 2.05) is 0 Å². The van der Waals surface area contributed by atoms with Crippen molar-refractivity contribution in [3.63, 3.8) is 0 Å². The first-order chi connectivity index (χ1) is 11.1. The van der Waals surface area contributed by atoms with E-state index in [4.69, 9.17) is 4.74 Å². The van der Waals surface area contributed by atoms with Gasteiger partial charge in [-0.05, 0) is 37.6 Å². The number of benzene rings is 1. The average Bonchev–Trinajstić information content (AvgIpc) is 2.46. The molecule has 136 valence electrons. The lowest BCUT2D eigenvalue weighted by atomic mass is 10.3. The Balaban J connectivity index is 3.00. The first-order valence-corrected chi connectivity index (χ1v) is 8.55. The number of halogens is 3. The van der Waals surface area contributed by atoms with Crippen molar-refractivity contribution in [3.8, 4) is 5.75 Å². The van der Waals surface area contributed by atoms with Gasteiger partial charge in [-0.25, -0.2) is 8.42 Å². The van der Waals surface area contributed by atoms with Crippen LogP contribution in [0.3, 0.4) is 0 Å². The molecule has 10 heteroatoms. The third-order valence-corrected chi connectivity index (χ3v) is 4.64. The number of hydrogen-bond acceptors (Lipinski definition) is 5. The highest BCUT2D eigenvalue weighted by Gasteiger charge is 2.31. The second-order valence-electron chi connectivity index (χ2n) is 4.66. The van der Waals surface area contributed by atoms with Gasteiger partial charge in [-0.1, -0.05) is 6.92 Å². The largest absolute Gasteiger partial charge is 0.573 e. The number of sulfonamides is 1. The predicted octanol–water partition coefficient (Wildman–Crippen LogP) is 2.55. The van der Waals surface area contributed by atoms with Gasteiger partial charge in [-0.2, -0.15) is 4.31 Å². The Bertz CT molecular complexity index is 643. The molecule has 1 rings (SSSR count). The van der Waals surface area contributed by atoms with Crippen LogP contribution in [0.1, 0.15) is 20.3 Å². The molecule has 1 aromatic carbocycles. The number of nitrogens with zero attached hydrogens (tertiary/aromatic N) is 1. The van der Waals surface area contributed by atoms with E-state index in [1.54, 1.807) is 13.8 Å². The Morgan fingerprint density at radius 2 is 1.75 bits per heavy atom. The van der Waals surface area contributed by atoms with Gasteiger partial charge in [0.25, 0.3) is 0 Å². The quantitative estimate of drug-likeness (QED) is 0.659. The number of hydrogen-bond donors (Lipinski definition) is 0. The van der Waals surface area contributed by atoms with Crippen molar-refractivity contribution >= 4 is 16.0 Å². The standard InChI is InChI=1S/C14H18F3NO5S/c1-3-9-18(10-13(19)22-4-2)24(20,21)12-7-5-11(6-8-12)23-14(15,16)17/h5-8H,3-4,9-10H2,1-2H3. The summed E-state index contributed by atoms with van der Waals surface area (Å²) in [5.41, 5.74) is 0. The Labute approximate surface area is 138 Å². The van der Waals surface area contributed by atoms with Gasteiger partial charge in [0.1, 0.15) is 12.3 Å². The third-order valence-electron chi connectivity index (χ3n) is 2.78. The van der Waals surface area contributed by atoms with Crippen molar-refractivity contribution in [2.24, 2.45) is 0 Å². The van der Waals surface area contributed by atoms with E-state index in [0.29, 0.717) is 6.42 Å². The Morgan fingerprint density at radius 3 is 2.21 bits per heavy atom. The van der Waals surface area contributed by atoms with Crippen LogP contribution in [0.5, 0.6) is 5.75 Å². The van der Waals surface area contributed by atoms with Crippen LogP contribution in [0.4, 0.5) is 13.2 Å². The molecule has 0 N–H and O–H groups in total. The van der Waals surface area contributed by atoms with E-state index in [2.05, 4.69) is 4.74 Å². The number of ether oxygens (including phenoxy) is 2. The van der Waals surface area contributed by atoms with Gasteiger partial charge in [-0.3, -0.25) is 4.79 Å². The number of alkyl halides is 3. The molecule has 0 aromatic heterocycles. The van der Waals surface area contributed by atoms with Crippen LogP contribution in [0.25, 0.3) is 0 Å². The van der Waals surface area contributed by atoms with Gasteiger partial charge >= 0.3 is 12.3 Å². The van der Waals surface area contributed by atoms with Gasteiger partial charge in [0.15, 0.2) is 0 Å². The molecule has 0 aliphatic rings. The average molecular weight is 369 g/mol. The molecule has 0 unspecified atom stereocenters. The molecule has 0 heterocycles. The van der Waals surface area contributed by atoms with Crippen LogP contribution in [0.2, 0.25) is 0 Å². The maximum Gasteiger partial charge on any atom is 0.573 e. The summed E-state index contributed by atoms with van der Waals surface area (Å²) < 4.78 is 70.7. The number of carbonyl (C=O) groups excluding carboxylic acids is 1. The molecule has 0 radical (unpaired) electrons. The van der Waals surface area contributed by atoms with Crippen LogP contribution >= 0.6 is 0 Å². The van der Waals surface area contributed by atoms with Crippen LogP contribution in [0, 0.1) is 0 Å². The topological polar surface area (TPSA) is 72.9 Å². The molecule has 0 amide bonds. The molecule has 0 bridgehead atoms. The zero-order valence-corrected chi connectivity index (χ0v) is 14.0. The van der Waals surface area contributed by atoms with Crippen LogP contribution in [0.15, 0.2) is 29.2 Å². The highest BCUT2D eigenvalue weighted by Crippen LogP contribution is 2.25. The van der Waals surface area contributed by atoms with Crippen molar-refractivity contribution in [2.75, 3.05) is 19.7 Å². The fourth-order valence-corrected chi connectivity index (χ4v) is 3.32. The van der Waals surface area contributed by atoms with E-state index in [0.717, 1.165) is 28.6 Å². The highest BCUT2D eigenvalue weighted by molar-refractivity contribution is 7.89. The lowest BCUT2D eigenvalue weighted by molar-refractivity contribution is -0.274. The minimum Gasteiger partial charge on any atom is -0.465 e. The maximum atomic E-state index is 12.5. The van der Waals surface area contributed by atoms with Crippen LogP contribution in [-0.4, -0.2) is 44.8 Å². The van der Waals surface area contributed by atoms with Crippen molar-refractivity contribution < 1.29 is 35.9 Å². The number of carbonyl (C=O) groups is 1. The Hall–Kier alpha value is -1.81. The molecule has 0 fully saturated rings. The van der Waals surface area contributed by atoms with E-state index >= 15 is 0 Å². The second kappa shape index (κ2) is 8.34. The monoisotopic (exact) mass is 369 g/mol. The van der Waals surface area contributed by atoms with Gasteiger partial charge in [0, 0.05) is 6.54 Å². The van der Waals surface area contributed by atoms with E-state index < -0.39 is 34.6 Å². The lowest BCUT2D eigenvalue weighted by Gasteiger charge is -2.20. The third kappa shape index (κ3) is 6.00. The SMILES string of the molecule is CCCN(CC(=O)OCC)S(=O)(=O)c1ccc(OC(F)(F)F)cc1. The number of esters is 1. The second-order valence-corrected chi connectivity index (χ2v) is 6.60. The Morgan fingerprint density at radius 1 is 1.17 bits per heavy atom. The van der Waals surface area contributed by atoms with Gasteiger partial charge < -0.3 is 9.47 Å². The first-order valence-electron chi connectivity index (χ1n) is 7.11. The lowest BCUT2D eigenvalue weighted by Crippen LogP contribution is -2.37. The highest BCUT2D eigenvalue weighted by atomic mass is 32.2. The summed E-state index contributed by atoms with van der Waals surface area (Å²) in [5.74, 6) is -1.24. The molecule has 0 aliphatic heterocycles. The molecule has 0 atom stereocenters. The predicted molar refractivity (Wildman–Crippen MR) is 78.8 cm³/mol. The zero-order chi connectivity index (χ0) is 18.4. The molecule has 0 saturated heterocycles. The minimum atomic E-state index is -4.86. The summed E-state index contributed by atoms with van der Waals surface area (Å²) in [7, 11) is -4.04. The summed E-state index contributed by atoms with van der Waals surface area (Å²) in [4.78, 5) is 11.3. The molecular weight excluding hydrogens is 351 g/mol. The maximum absolute atomic E-state index is 12.5. The van der Waals surface area contributed by atoms with Crippen molar-refractivity contribution in [2.45, 2.75) is 31.5 Å². The summed E-state index contributed by atoms with van der Waals surface area (Å²) in [5, 5.41) is 0. The smallest absolute Gasteiger partial charge is 0.465 e. The first kappa shape index (κ1) is 20.2. The van der Waals surface area contributed by atoms with Crippen LogP contribution < -0.4 is 4.74 Å².